The number of nitrogens with one attached hydrogen (secondary N) is 2. The number of sulfonamides is 1. The van der Waals surface area contributed by atoms with Crippen molar-refractivity contribution in [3.63, 3.8) is 0 Å². The fourth-order valence-corrected chi connectivity index (χ4v) is 3.20. The van der Waals surface area contributed by atoms with E-state index in [4.69, 9.17) is 4.52 Å². The van der Waals surface area contributed by atoms with Crippen molar-refractivity contribution in [3.05, 3.63) is 77.0 Å². The number of amides is 1. The number of carbonyl (C=O) groups is 1. The van der Waals surface area contributed by atoms with Gasteiger partial charge < -0.3 is 9.84 Å². The topological polar surface area (TPSA) is 101 Å². The van der Waals surface area contributed by atoms with E-state index in [-0.39, 0.29) is 12.5 Å². The molecule has 0 bridgehead atoms. The smallest absolute Gasteiger partial charge is 0.257 e. The molecule has 0 fully saturated rings. The van der Waals surface area contributed by atoms with Crippen LogP contribution in [0.3, 0.4) is 0 Å². The lowest BCUT2D eigenvalue weighted by Crippen LogP contribution is -2.24. The first-order valence-corrected chi connectivity index (χ1v) is 10.5. The van der Waals surface area contributed by atoms with E-state index in [1.165, 1.54) is 0 Å². The van der Waals surface area contributed by atoms with Crippen LogP contribution >= 0.6 is 0 Å². The summed E-state index contributed by atoms with van der Waals surface area (Å²) in [5.41, 5.74) is 3.38. The SMILES string of the molecule is Cc1onc(-c2ccccc2)c1C(=O)NCc1cccc(CNS(C)(=O)=O)c1. The molecule has 0 saturated heterocycles. The second kappa shape index (κ2) is 8.37. The van der Waals surface area contributed by atoms with Crippen molar-refractivity contribution in [2.75, 3.05) is 6.26 Å². The van der Waals surface area contributed by atoms with Gasteiger partial charge in [-0.05, 0) is 18.1 Å². The van der Waals surface area contributed by atoms with Gasteiger partial charge in [0.15, 0.2) is 0 Å². The van der Waals surface area contributed by atoms with Crippen molar-refractivity contribution in [1.29, 1.82) is 0 Å². The van der Waals surface area contributed by atoms with Crippen molar-refractivity contribution < 1.29 is 17.7 Å². The largest absolute Gasteiger partial charge is 0.360 e. The second-order valence-corrected chi connectivity index (χ2v) is 8.26. The van der Waals surface area contributed by atoms with Crippen LogP contribution in [0.15, 0.2) is 59.1 Å². The minimum absolute atomic E-state index is 0.198. The lowest BCUT2D eigenvalue weighted by molar-refractivity contribution is 0.0950. The molecule has 0 atom stereocenters. The molecule has 0 radical (unpaired) electrons. The number of aryl methyl sites for hydroxylation is 1. The Morgan fingerprint density at radius 2 is 1.71 bits per heavy atom. The Morgan fingerprint density at radius 3 is 2.39 bits per heavy atom. The Morgan fingerprint density at radius 1 is 1.04 bits per heavy atom. The van der Waals surface area contributed by atoms with Crippen LogP contribution in [0.4, 0.5) is 0 Å². The molecule has 7 nitrogen and oxygen atoms in total. The van der Waals surface area contributed by atoms with Gasteiger partial charge in [0.2, 0.25) is 10.0 Å². The van der Waals surface area contributed by atoms with E-state index in [0.717, 1.165) is 22.9 Å². The lowest BCUT2D eigenvalue weighted by Gasteiger charge is -2.08. The molecule has 0 aliphatic heterocycles. The molecule has 0 aliphatic rings. The molecule has 0 spiro atoms. The number of hydrogen-bond donors (Lipinski definition) is 2. The number of hydrogen-bond acceptors (Lipinski definition) is 5. The number of carbonyl (C=O) groups excluding carboxylic acids is 1. The highest BCUT2D eigenvalue weighted by molar-refractivity contribution is 7.88. The molecule has 0 aliphatic carbocycles. The first-order chi connectivity index (χ1) is 13.3. The predicted octanol–water partition coefficient (Wildman–Crippen LogP) is 2.63. The monoisotopic (exact) mass is 399 g/mol. The zero-order valence-electron chi connectivity index (χ0n) is 15.6. The zero-order chi connectivity index (χ0) is 20.1. The third-order valence-electron chi connectivity index (χ3n) is 4.12. The summed E-state index contributed by atoms with van der Waals surface area (Å²) in [7, 11) is -3.26. The summed E-state index contributed by atoms with van der Waals surface area (Å²) in [4.78, 5) is 12.7. The van der Waals surface area contributed by atoms with Crippen molar-refractivity contribution >= 4 is 15.9 Å². The van der Waals surface area contributed by atoms with Crippen molar-refractivity contribution in [3.8, 4) is 11.3 Å². The summed E-state index contributed by atoms with van der Waals surface area (Å²) in [6.45, 7) is 2.19. The van der Waals surface area contributed by atoms with E-state index < -0.39 is 10.0 Å². The fraction of sp³-hybridized carbons (Fsp3) is 0.200. The van der Waals surface area contributed by atoms with Crippen LogP contribution in [0.2, 0.25) is 0 Å². The molecule has 0 unspecified atom stereocenters. The summed E-state index contributed by atoms with van der Waals surface area (Å²) < 4.78 is 30.1. The van der Waals surface area contributed by atoms with E-state index in [1.54, 1.807) is 6.92 Å². The molecule has 146 valence electrons. The third-order valence-corrected chi connectivity index (χ3v) is 4.79. The molecule has 3 aromatic rings. The average molecular weight is 399 g/mol. The van der Waals surface area contributed by atoms with Crippen LogP contribution < -0.4 is 10.0 Å². The van der Waals surface area contributed by atoms with Crippen LogP contribution in [0.5, 0.6) is 0 Å². The Hall–Kier alpha value is -2.97. The molecular weight excluding hydrogens is 378 g/mol. The molecule has 3 rings (SSSR count). The number of rotatable bonds is 7. The Bertz CT molecular complexity index is 1080. The molecule has 1 amide bonds. The van der Waals surface area contributed by atoms with Gasteiger partial charge >= 0.3 is 0 Å². The Kier molecular flexibility index (Phi) is 5.91. The maximum Gasteiger partial charge on any atom is 0.257 e. The third kappa shape index (κ3) is 5.05. The second-order valence-electron chi connectivity index (χ2n) is 6.42. The summed E-state index contributed by atoms with van der Waals surface area (Å²) in [5.74, 6) is 0.166. The van der Waals surface area contributed by atoms with Gasteiger partial charge in [-0.1, -0.05) is 59.8 Å². The molecule has 2 N–H and O–H groups in total. The maximum absolute atomic E-state index is 12.7. The first-order valence-electron chi connectivity index (χ1n) is 8.66. The van der Waals surface area contributed by atoms with Gasteiger partial charge in [0, 0.05) is 18.7 Å². The molecule has 8 heteroatoms. The van der Waals surface area contributed by atoms with Gasteiger partial charge in [-0.25, -0.2) is 13.1 Å². The van der Waals surface area contributed by atoms with E-state index in [1.807, 2.05) is 54.6 Å². The number of aromatic nitrogens is 1. The molecule has 1 heterocycles. The van der Waals surface area contributed by atoms with Crippen LogP contribution in [-0.2, 0) is 23.1 Å². The van der Waals surface area contributed by atoms with Gasteiger partial charge in [-0.15, -0.1) is 0 Å². The predicted molar refractivity (Wildman–Crippen MR) is 106 cm³/mol. The van der Waals surface area contributed by atoms with Crippen LogP contribution in [0, 0.1) is 6.92 Å². The van der Waals surface area contributed by atoms with E-state index in [9.17, 15) is 13.2 Å². The Balaban J connectivity index is 1.71. The van der Waals surface area contributed by atoms with E-state index >= 15 is 0 Å². The normalized spacial score (nSPS) is 11.4. The molecular formula is C20H21N3O4S. The summed E-state index contributed by atoms with van der Waals surface area (Å²) in [6, 6.07) is 16.7. The van der Waals surface area contributed by atoms with Gasteiger partial charge in [0.05, 0.1) is 6.26 Å². The highest BCUT2D eigenvalue weighted by Crippen LogP contribution is 2.25. The molecule has 2 aromatic carbocycles. The van der Waals surface area contributed by atoms with Gasteiger partial charge in [-0.3, -0.25) is 4.79 Å². The Labute approximate surface area is 163 Å². The summed E-state index contributed by atoms with van der Waals surface area (Å²) >= 11 is 0. The quantitative estimate of drug-likeness (QED) is 0.636. The fourth-order valence-electron chi connectivity index (χ4n) is 2.77. The van der Waals surface area contributed by atoms with Crippen LogP contribution in [0.1, 0.15) is 27.2 Å². The van der Waals surface area contributed by atoms with E-state index in [2.05, 4.69) is 15.2 Å². The number of benzene rings is 2. The van der Waals surface area contributed by atoms with Crippen molar-refractivity contribution in [2.24, 2.45) is 0 Å². The van der Waals surface area contributed by atoms with Gasteiger partial charge in [0.1, 0.15) is 17.0 Å². The van der Waals surface area contributed by atoms with Gasteiger partial charge in [-0.2, -0.15) is 0 Å². The highest BCUT2D eigenvalue weighted by Gasteiger charge is 2.21. The standard InChI is InChI=1S/C20H21N3O4S/c1-14-18(19(23-27-14)17-9-4-3-5-10-17)20(24)21-12-15-7-6-8-16(11-15)13-22-28(2,25)26/h3-11,22H,12-13H2,1-2H3,(H,21,24). The zero-order valence-corrected chi connectivity index (χ0v) is 16.4. The lowest BCUT2D eigenvalue weighted by atomic mass is 10.1. The van der Waals surface area contributed by atoms with Crippen LogP contribution in [-0.4, -0.2) is 25.7 Å². The molecule has 28 heavy (non-hydrogen) atoms. The van der Waals surface area contributed by atoms with Crippen molar-refractivity contribution in [2.45, 2.75) is 20.0 Å². The van der Waals surface area contributed by atoms with Crippen LogP contribution in [0.25, 0.3) is 11.3 Å². The highest BCUT2D eigenvalue weighted by atomic mass is 32.2. The minimum Gasteiger partial charge on any atom is -0.360 e. The molecule has 0 saturated carbocycles. The van der Waals surface area contributed by atoms with E-state index in [0.29, 0.717) is 23.6 Å². The van der Waals surface area contributed by atoms with Crippen molar-refractivity contribution in [1.82, 2.24) is 15.2 Å². The summed E-state index contributed by atoms with van der Waals surface area (Å²) in [5, 5.41) is 6.90. The summed E-state index contributed by atoms with van der Waals surface area (Å²) in [6.07, 6.45) is 1.11. The minimum atomic E-state index is -3.26. The first kappa shape index (κ1) is 19.8. The maximum atomic E-state index is 12.7. The number of nitrogens with zero attached hydrogens (tertiary/aromatic N) is 1. The molecule has 1 aromatic heterocycles. The van der Waals surface area contributed by atoms with Gasteiger partial charge in [0.25, 0.3) is 5.91 Å². The average Bonchev–Trinajstić information content (AvgIpc) is 3.06.